The highest BCUT2D eigenvalue weighted by molar-refractivity contribution is 6.33. The Morgan fingerprint density at radius 1 is 1.44 bits per heavy atom. The second-order valence-electron chi connectivity index (χ2n) is 3.66. The number of benzene rings is 1. The summed E-state index contributed by atoms with van der Waals surface area (Å²) in [5.41, 5.74) is 1.67. The molecule has 0 bridgehead atoms. The van der Waals surface area contributed by atoms with Gasteiger partial charge in [0.25, 0.3) is 0 Å². The zero-order valence-electron chi connectivity index (χ0n) is 9.64. The van der Waals surface area contributed by atoms with Gasteiger partial charge in [0, 0.05) is 0 Å². The molecule has 0 heterocycles. The SMILES string of the molecule is CCCNCC(=O)Nc1c(C)cccc1Cl. The van der Waals surface area contributed by atoms with E-state index in [2.05, 4.69) is 17.6 Å². The van der Waals surface area contributed by atoms with Crippen LogP contribution in [0.4, 0.5) is 5.69 Å². The van der Waals surface area contributed by atoms with Gasteiger partial charge in [-0.25, -0.2) is 0 Å². The van der Waals surface area contributed by atoms with Crippen molar-refractivity contribution in [3.63, 3.8) is 0 Å². The molecule has 0 spiro atoms. The zero-order chi connectivity index (χ0) is 12.0. The van der Waals surface area contributed by atoms with Crippen LogP contribution in [0.2, 0.25) is 5.02 Å². The Bertz CT molecular complexity index is 346. The predicted octanol–water partition coefficient (Wildman–Crippen LogP) is 2.59. The van der Waals surface area contributed by atoms with E-state index in [9.17, 15) is 4.79 Å². The van der Waals surface area contributed by atoms with E-state index >= 15 is 0 Å². The third-order valence-corrected chi connectivity index (χ3v) is 2.51. The maximum absolute atomic E-state index is 11.6. The summed E-state index contributed by atoms with van der Waals surface area (Å²) in [5.74, 6) is -0.0651. The van der Waals surface area contributed by atoms with Crippen molar-refractivity contribution < 1.29 is 4.79 Å². The van der Waals surface area contributed by atoms with Crippen LogP contribution < -0.4 is 10.6 Å². The molecule has 0 aromatic heterocycles. The van der Waals surface area contributed by atoms with E-state index in [1.807, 2.05) is 19.1 Å². The Hall–Kier alpha value is -1.06. The van der Waals surface area contributed by atoms with Crippen LogP contribution >= 0.6 is 11.6 Å². The molecule has 88 valence electrons. The molecule has 0 saturated carbocycles. The third-order valence-electron chi connectivity index (χ3n) is 2.20. The quantitative estimate of drug-likeness (QED) is 0.777. The molecule has 1 rings (SSSR count). The number of aryl methyl sites for hydroxylation is 1. The number of anilines is 1. The van der Waals surface area contributed by atoms with E-state index < -0.39 is 0 Å². The number of rotatable bonds is 5. The lowest BCUT2D eigenvalue weighted by atomic mass is 10.2. The molecule has 1 aromatic carbocycles. The molecule has 0 radical (unpaired) electrons. The highest BCUT2D eigenvalue weighted by Crippen LogP contribution is 2.24. The summed E-state index contributed by atoms with van der Waals surface area (Å²) in [7, 11) is 0. The van der Waals surface area contributed by atoms with Gasteiger partial charge in [0.15, 0.2) is 0 Å². The van der Waals surface area contributed by atoms with Gasteiger partial charge in [-0.2, -0.15) is 0 Å². The summed E-state index contributed by atoms with van der Waals surface area (Å²) in [6.45, 7) is 5.14. The number of carbonyl (C=O) groups is 1. The van der Waals surface area contributed by atoms with Gasteiger partial charge in [-0.15, -0.1) is 0 Å². The molecule has 2 N–H and O–H groups in total. The van der Waals surface area contributed by atoms with Crippen molar-refractivity contribution in [2.45, 2.75) is 20.3 Å². The molecule has 0 fully saturated rings. The van der Waals surface area contributed by atoms with Crippen LogP contribution in [0, 0.1) is 6.92 Å². The summed E-state index contributed by atoms with van der Waals surface area (Å²) in [4.78, 5) is 11.6. The van der Waals surface area contributed by atoms with Crippen LogP contribution in [0.1, 0.15) is 18.9 Å². The van der Waals surface area contributed by atoms with Crippen LogP contribution in [0.5, 0.6) is 0 Å². The zero-order valence-corrected chi connectivity index (χ0v) is 10.4. The fourth-order valence-electron chi connectivity index (χ4n) is 1.35. The maximum Gasteiger partial charge on any atom is 0.238 e. The monoisotopic (exact) mass is 240 g/mol. The van der Waals surface area contributed by atoms with Gasteiger partial charge in [0.2, 0.25) is 5.91 Å². The summed E-state index contributed by atoms with van der Waals surface area (Å²) in [6.07, 6.45) is 1.01. The predicted molar refractivity (Wildman–Crippen MR) is 68.0 cm³/mol. The van der Waals surface area contributed by atoms with E-state index in [1.165, 1.54) is 0 Å². The summed E-state index contributed by atoms with van der Waals surface area (Å²) in [5, 5.41) is 6.42. The standard InChI is InChI=1S/C12H17ClN2O/c1-3-7-14-8-11(16)15-12-9(2)5-4-6-10(12)13/h4-6,14H,3,7-8H2,1-2H3,(H,15,16). The first-order valence-electron chi connectivity index (χ1n) is 5.40. The lowest BCUT2D eigenvalue weighted by Crippen LogP contribution is -2.28. The van der Waals surface area contributed by atoms with Crippen LogP contribution in [0.3, 0.4) is 0 Å². The van der Waals surface area contributed by atoms with E-state index in [1.54, 1.807) is 6.07 Å². The fraction of sp³-hybridized carbons (Fsp3) is 0.417. The first-order valence-corrected chi connectivity index (χ1v) is 5.78. The molecule has 0 aliphatic heterocycles. The first-order chi connectivity index (χ1) is 7.65. The Labute approximate surface area is 101 Å². The molecule has 0 aliphatic carbocycles. The maximum atomic E-state index is 11.6. The van der Waals surface area contributed by atoms with Gasteiger partial charge < -0.3 is 10.6 Å². The molecular formula is C12H17ClN2O. The number of halogens is 1. The number of nitrogens with one attached hydrogen (secondary N) is 2. The topological polar surface area (TPSA) is 41.1 Å². The lowest BCUT2D eigenvalue weighted by Gasteiger charge is -2.10. The van der Waals surface area contributed by atoms with Crippen molar-refractivity contribution in [3.8, 4) is 0 Å². The van der Waals surface area contributed by atoms with Crippen LogP contribution in [0.25, 0.3) is 0 Å². The minimum atomic E-state index is -0.0651. The van der Waals surface area contributed by atoms with Gasteiger partial charge in [-0.1, -0.05) is 30.7 Å². The number of hydrogen-bond acceptors (Lipinski definition) is 2. The Morgan fingerprint density at radius 2 is 2.19 bits per heavy atom. The summed E-state index contributed by atoms with van der Waals surface area (Å²) < 4.78 is 0. The minimum absolute atomic E-state index is 0.0651. The molecule has 4 heteroatoms. The van der Waals surface area contributed by atoms with Gasteiger partial charge >= 0.3 is 0 Å². The Kier molecular flexibility index (Phi) is 5.29. The van der Waals surface area contributed by atoms with Crippen molar-refractivity contribution in [3.05, 3.63) is 28.8 Å². The number of para-hydroxylation sites is 1. The first kappa shape index (κ1) is 13.0. The highest BCUT2D eigenvalue weighted by Gasteiger charge is 2.07. The van der Waals surface area contributed by atoms with Gasteiger partial charge in [0.1, 0.15) is 0 Å². The van der Waals surface area contributed by atoms with E-state index in [-0.39, 0.29) is 5.91 Å². The molecular weight excluding hydrogens is 224 g/mol. The molecule has 16 heavy (non-hydrogen) atoms. The second-order valence-corrected chi connectivity index (χ2v) is 4.06. The summed E-state index contributed by atoms with van der Waals surface area (Å²) >= 11 is 6.00. The van der Waals surface area contributed by atoms with E-state index in [0.29, 0.717) is 17.3 Å². The molecule has 1 aromatic rings. The van der Waals surface area contributed by atoms with Crippen molar-refractivity contribution in [1.29, 1.82) is 0 Å². The van der Waals surface area contributed by atoms with Crippen molar-refractivity contribution >= 4 is 23.2 Å². The van der Waals surface area contributed by atoms with Crippen LogP contribution in [0.15, 0.2) is 18.2 Å². The van der Waals surface area contributed by atoms with Crippen molar-refractivity contribution in [1.82, 2.24) is 5.32 Å². The van der Waals surface area contributed by atoms with Gasteiger partial charge in [-0.3, -0.25) is 4.79 Å². The normalized spacial score (nSPS) is 10.2. The molecule has 3 nitrogen and oxygen atoms in total. The molecule has 1 amide bonds. The van der Waals surface area contributed by atoms with Crippen molar-refractivity contribution in [2.75, 3.05) is 18.4 Å². The Balaban J connectivity index is 2.56. The average molecular weight is 241 g/mol. The summed E-state index contributed by atoms with van der Waals surface area (Å²) in [6, 6.07) is 5.55. The highest BCUT2D eigenvalue weighted by atomic mass is 35.5. The van der Waals surface area contributed by atoms with E-state index in [4.69, 9.17) is 11.6 Å². The molecule has 0 unspecified atom stereocenters. The molecule has 0 aliphatic rings. The van der Waals surface area contributed by atoms with E-state index in [0.717, 1.165) is 18.5 Å². The van der Waals surface area contributed by atoms with Crippen molar-refractivity contribution in [2.24, 2.45) is 0 Å². The third kappa shape index (κ3) is 3.83. The minimum Gasteiger partial charge on any atom is -0.323 e. The van der Waals surface area contributed by atoms with Gasteiger partial charge in [-0.05, 0) is 31.5 Å². The molecule has 0 atom stereocenters. The van der Waals surface area contributed by atoms with Crippen LogP contribution in [-0.2, 0) is 4.79 Å². The number of carbonyl (C=O) groups excluding carboxylic acids is 1. The second kappa shape index (κ2) is 6.51. The fourth-order valence-corrected chi connectivity index (χ4v) is 1.62. The van der Waals surface area contributed by atoms with Gasteiger partial charge in [0.05, 0.1) is 17.3 Å². The number of hydrogen-bond donors (Lipinski definition) is 2. The Morgan fingerprint density at radius 3 is 2.81 bits per heavy atom. The van der Waals surface area contributed by atoms with Crippen LogP contribution in [-0.4, -0.2) is 19.0 Å². The lowest BCUT2D eigenvalue weighted by molar-refractivity contribution is -0.115. The number of amides is 1. The average Bonchev–Trinajstić information content (AvgIpc) is 2.24. The molecule has 0 saturated heterocycles. The largest absolute Gasteiger partial charge is 0.323 e. The smallest absolute Gasteiger partial charge is 0.238 e.